The van der Waals surface area contributed by atoms with E-state index in [0.29, 0.717) is 26.9 Å². The van der Waals surface area contributed by atoms with Crippen LogP contribution in [0.5, 0.6) is 0 Å². The molecule has 1 atom stereocenters. The molecule has 0 radical (unpaired) electrons. The molecule has 5 N–H and O–H groups in total. The number of benzene rings is 2. The Morgan fingerprint density at radius 1 is 1.19 bits per heavy atom. The standard InChI is InChI=1S/C19H19ClN4O2S/c1-11-16(17(22)25)27-19(23-18(26)12-6-3-2-4-7-12)24(11)15-13(10-21)8-5-9-14(15)20/h2-9,19H,10,21H2,1H3,(H2,22,25)(H,23,26). The Kier molecular flexibility index (Phi) is 5.74. The summed E-state index contributed by atoms with van der Waals surface area (Å²) in [5, 5.41) is 3.41. The first-order valence-electron chi connectivity index (χ1n) is 8.24. The number of para-hydroxylation sites is 1. The fourth-order valence-electron chi connectivity index (χ4n) is 2.93. The van der Waals surface area contributed by atoms with Crippen molar-refractivity contribution in [2.45, 2.75) is 19.0 Å². The van der Waals surface area contributed by atoms with Gasteiger partial charge in [-0.2, -0.15) is 0 Å². The van der Waals surface area contributed by atoms with Crippen LogP contribution >= 0.6 is 23.4 Å². The Balaban J connectivity index is 2.01. The highest BCUT2D eigenvalue weighted by atomic mass is 35.5. The van der Waals surface area contributed by atoms with Crippen molar-refractivity contribution >= 4 is 40.9 Å². The SMILES string of the molecule is CC1=C(C(N)=O)SC(NC(=O)c2ccccc2)N1c1c(Cl)cccc1CN. The molecule has 0 aromatic heterocycles. The molecule has 2 amide bonds. The van der Waals surface area contributed by atoms with Crippen molar-refractivity contribution in [2.24, 2.45) is 11.5 Å². The molecule has 1 aliphatic heterocycles. The van der Waals surface area contributed by atoms with E-state index in [1.807, 2.05) is 18.2 Å². The molecule has 0 aliphatic carbocycles. The lowest BCUT2D eigenvalue weighted by Gasteiger charge is -2.30. The molecule has 0 saturated heterocycles. The summed E-state index contributed by atoms with van der Waals surface area (Å²) < 4.78 is 0. The molecule has 0 bridgehead atoms. The summed E-state index contributed by atoms with van der Waals surface area (Å²) in [4.78, 5) is 26.7. The Bertz CT molecular complexity index is 917. The van der Waals surface area contributed by atoms with Gasteiger partial charge in [0.05, 0.1) is 15.6 Å². The molecule has 6 nitrogen and oxygen atoms in total. The normalized spacial score (nSPS) is 16.6. The summed E-state index contributed by atoms with van der Waals surface area (Å²) >= 11 is 7.62. The first-order chi connectivity index (χ1) is 12.9. The maximum Gasteiger partial charge on any atom is 0.257 e. The van der Waals surface area contributed by atoms with Gasteiger partial charge in [0.25, 0.3) is 11.8 Å². The van der Waals surface area contributed by atoms with Crippen LogP contribution in [0.4, 0.5) is 5.69 Å². The third-order valence-corrected chi connectivity index (χ3v) is 5.79. The van der Waals surface area contributed by atoms with Crippen LogP contribution < -0.4 is 21.7 Å². The van der Waals surface area contributed by atoms with Crippen LogP contribution in [-0.4, -0.2) is 17.3 Å². The Morgan fingerprint density at radius 2 is 1.89 bits per heavy atom. The number of nitrogens with zero attached hydrogens (tertiary/aromatic N) is 1. The molecule has 140 valence electrons. The Hall–Kier alpha value is -2.48. The highest BCUT2D eigenvalue weighted by Crippen LogP contribution is 2.43. The molecule has 1 unspecified atom stereocenters. The van der Waals surface area contributed by atoms with E-state index in [-0.39, 0.29) is 12.5 Å². The Morgan fingerprint density at radius 3 is 2.52 bits per heavy atom. The van der Waals surface area contributed by atoms with E-state index in [1.54, 1.807) is 42.2 Å². The molecule has 3 rings (SSSR count). The zero-order valence-corrected chi connectivity index (χ0v) is 16.2. The maximum atomic E-state index is 12.7. The van der Waals surface area contributed by atoms with Gasteiger partial charge >= 0.3 is 0 Å². The molecule has 2 aromatic rings. The number of amides is 2. The molecule has 2 aromatic carbocycles. The third-order valence-electron chi connectivity index (χ3n) is 4.20. The van der Waals surface area contributed by atoms with E-state index in [9.17, 15) is 9.59 Å². The van der Waals surface area contributed by atoms with Crippen LogP contribution in [0.15, 0.2) is 59.1 Å². The number of nitrogens with two attached hydrogens (primary N) is 2. The molecule has 8 heteroatoms. The predicted octanol–water partition coefficient (Wildman–Crippen LogP) is 2.78. The van der Waals surface area contributed by atoms with Gasteiger partial charge in [-0.1, -0.05) is 53.7 Å². The number of rotatable bonds is 5. The number of carbonyl (C=O) groups is 2. The second-order valence-corrected chi connectivity index (χ2v) is 7.41. The van der Waals surface area contributed by atoms with Gasteiger partial charge in [-0.25, -0.2) is 0 Å². The van der Waals surface area contributed by atoms with Crippen LogP contribution in [-0.2, 0) is 11.3 Å². The lowest BCUT2D eigenvalue weighted by Crippen LogP contribution is -2.43. The summed E-state index contributed by atoms with van der Waals surface area (Å²) in [7, 11) is 0. The molecule has 27 heavy (non-hydrogen) atoms. The fourth-order valence-corrected chi connectivity index (χ4v) is 4.36. The van der Waals surface area contributed by atoms with E-state index in [1.165, 1.54) is 11.8 Å². The lowest BCUT2D eigenvalue weighted by molar-refractivity contribution is -0.113. The number of halogens is 1. The molecule has 1 heterocycles. The van der Waals surface area contributed by atoms with Crippen molar-refractivity contribution in [3.05, 3.63) is 75.3 Å². The van der Waals surface area contributed by atoms with Crippen molar-refractivity contribution in [3.8, 4) is 0 Å². The van der Waals surface area contributed by atoms with E-state index in [4.69, 9.17) is 23.1 Å². The minimum atomic E-state index is -0.578. The fraction of sp³-hybridized carbons (Fsp3) is 0.158. The van der Waals surface area contributed by atoms with Crippen LogP contribution in [0.3, 0.4) is 0 Å². The highest BCUT2D eigenvalue weighted by Gasteiger charge is 2.36. The van der Waals surface area contributed by atoms with Gasteiger partial charge < -0.3 is 21.7 Å². The number of hydrogen-bond acceptors (Lipinski definition) is 5. The van der Waals surface area contributed by atoms with Crippen LogP contribution in [0.25, 0.3) is 0 Å². The predicted molar refractivity (Wildman–Crippen MR) is 109 cm³/mol. The summed E-state index contributed by atoms with van der Waals surface area (Å²) in [5.74, 6) is -0.821. The largest absolute Gasteiger partial charge is 0.365 e. The van der Waals surface area contributed by atoms with Gasteiger partial charge in [0.1, 0.15) is 0 Å². The number of allylic oxidation sites excluding steroid dienone is 1. The lowest BCUT2D eigenvalue weighted by atomic mass is 10.1. The summed E-state index contributed by atoms with van der Waals surface area (Å²) in [6, 6.07) is 14.2. The van der Waals surface area contributed by atoms with Crippen molar-refractivity contribution in [2.75, 3.05) is 4.90 Å². The van der Waals surface area contributed by atoms with E-state index in [2.05, 4.69) is 5.32 Å². The summed E-state index contributed by atoms with van der Waals surface area (Å²) in [5.41, 5.74) is 13.4. The van der Waals surface area contributed by atoms with Crippen molar-refractivity contribution in [1.29, 1.82) is 0 Å². The molecule has 0 spiro atoms. The summed E-state index contributed by atoms with van der Waals surface area (Å²) in [6.45, 7) is 2.03. The minimum Gasteiger partial charge on any atom is -0.365 e. The minimum absolute atomic E-state index is 0.260. The van der Waals surface area contributed by atoms with Crippen molar-refractivity contribution in [1.82, 2.24) is 5.32 Å². The molecular weight excluding hydrogens is 384 g/mol. The van der Waals surface area contributed by atoms with Gasteiger partial charge in [-0.05, 0) is 30.7 Å². The van der Waals surface area contributed by atoms with Crippen molar-refractivity contribution in [3.63, 3.8) is 0 Å². The molecule has 0 saturated carbocycles. The zero-order valence-electron chi connectivity index (χ0n) is 14.6. The van der Waals surface area contributed by atoms with Gasteiger partial charge in [0.2, 0.25) is 0 Å². The number of thioether (sulfide) groups is 1. The van der Waals surface area contributed by atoms with Crippen LogP contribution in [0, 0.1) is 0 Å². The second kappa shape index (κ2) is 8.04. The first-order valence-corrected chi connectivity index (χ1v) is 9.49. The van der Waals surface area contributed by atoms with Crippen molar-refractivity contribution < 1.29 is 9.59 Å². The highest BCUT2D eigenvalue weighted by molar-refractivity contribution is 8.05. The van der Waals surface area contributed by atoms with Gasteiger partial charge in [0, 0.05) is 17.8 Å². The van der Waals surface area contributed by atoms with E-state index >= 15 is 0 Å². The quantitative estimate of drug-likeness (QED) is 0.713. The van der Waals surface area contributed by atoms with Gasteiger partial charge in [-0.15, -0.1) is 0 Å². The van der Waals surface area contributed by atoms with Crippen LogP contribution in [0.1, 0.15) is 22.8 Å². The monoisotopic (exact) mass is 402 g/mol. The smallest absolute Gasteiger partial charge is 0.257 e. The first kappa shape index (κ1) is 19.3. The summed E-state index contributed by atoms with van der Waals surface area (Å²) in [6.07, 6.45) is 0. The molecular formula is C19H19ClN4O2S. The average molecular weight is 403 g/mol. The molecule has 0 fully saturated rings. The third kappa shape index (κ3) is 3.80. The number of carbonyl (C=O) groups excluding carboxylic acids is 2. The second-order valence-electron chi connectivity index (χ2n) is 5.91. The number of hydrogen-bond donors (Lipinski definition) is 3. The van der Waals surface area contributed by atoms with Crippen LogP contribution in [0.2, 0.25) is 5.02 Å². The Labute approximate surface area is 166 Å². The average Bonchev–Trinajstić information content (AvgIpc) is 2.98. The number of anilines is 1. The van der Waals surface area contributed by atoms with E-state index in [0.717, 1.165) is 5.56 Å². The van der Waals surface area contributed by atoms with Gasteiger partial charge in [-0.3, -0.25) is 9.59 Å². The molecule has 1 aliphatic rings. The van der Waals surface area contributed by atoms with Gasteiger partial charge in [0.15, 0.2) is 5.50 Å². The number of nitrogens with one attached hydrogen (secondary N) is 1. The number of primary amides is 1. The topological polar surface area (TPSA) is 101 Å². The zero-order chi connectivity index (χ0) is 19.6. The van der Waals surface area contributed by atoms with E-state index < -0.39 is 11.4 Å². The maximum absolute atomic E-state index is 12.7.